The number of nitrogens with one attached hydrogen (secondary N) is 1. The first-order valence-corrected chi connectivity index (χ1v) is 11.0. The number of aromatic nitrogens is 1. The number of hydrogen-bond acceptors (Lipinski definition) is 6. The highest BCUT2D eigenvalue weighted by Crippen LogP contribution is 2.26. The molecule has 3 aromatic rings. The highest BCUT2D eigenvalue weighted by atomic mass is 79.9. The van der Waals surface area contributed by atoms with Gasteiger partial charge in [0.2, 0.25) is 11.8 Å². The third-order valence-corrected chi connectivity index (χ3v) is 5.69. The van der Waals surface area contributed by atoms with Crippen LogP contribution in [0.15, 0.2) is 57.8 Å². The third kappa shape index (κ3) is 6.10. The summed E-state index contributed by atoms with van der Waals surface area (Å²) in [5.74, 6) is -2.91. The van der Waals surface area contributed by atoms with Crippen LogP contribution >= 0.6 is 15.9 Å². The Balaban J connectivity index is 2.04. The van der Waals surface area contributed by atoms with Crippen molar-refractivity contribution in [2.24, 2.45) is 11.5 Å². The van der Waals surface area contributed by atoms with Crippen molar-refractivity contribution in [3.8, 4) is 11.4 Å². The minimum Gasteiger partial charge on any atom is -0.487 e. The maximum Gasteiger partial charge on any atom is 0.273 e. The van der Waals surface area contributed by atoms with E-state index in [1.54, 1.807) is 6.07 Å². The van der Waals surface area contributed by atoms with Crippen LogP contribution in [0.2, 0.25) is 0 Å². The number of carbonyl (C=O) groups excluding carboxylic acids is 2. The SMILES string of the molecule is NC(=O)c1cccc(-n2c(CNC(=O)C(N)CO)cc(OCc3ccc(F)cc3F)c(Br)c2=O)c1. The number of carbonyl (C=O) groups is 2. The summed E-state index contributed by atoms with van der Waals surface area (Å²) in [5.41, 5.74) is 11.0. The Hall–Kier alpha value is -3.61. The number of nitrogens with two attached hydrogens (primary N) is 2. The van der Waals surface area contributed by atoms with Crippen molar-refractivity contribution in [2.45, 2.75) is 19.2 Å². The van der Waals surface area contributed by atoms with E-state index in [0.717, 1.165) is 6.07 Å². The topological polar surface area (TPSA) is 150 Å². The van der Waals surface area contributed by atoms with E-state index in [2.05, 4.69) is 21.2 Å². The molecule has 0 aliphatic rings. The highest BCUT2D eigenvalue weighted by Gasteiger charge is 2.19. The van der Waals surface area contributed by atoms with Crippen LogP contribution in [0, 0.1) is 11.6 Å². The van der Waals surface area contributed by atoms with E-state index in [9.17, 15) is 23.2 Å². The van der Waals surface area contributed by atoms with Crippen LogP contribution in [0.3, 0.4) is 0 Å². The van der Waals surface area contributed by atoms with Crippen molar-refractivity contribution >= 4 is 27.7 Å². The molecule has 0 aliphatic heterocycles. The molecule has 1 heterocycles. The molecule has 1 atom stereocenters. The standard InChI is InChI=1S/C23H21BrF2N4O5/c24-20-19(35-11-13-4-5-14(25)7-17(13)26)8-16(9-29-22(33)18(27)10-31)30(23(20)34)15-3-1-2-12(6-15)21(28)32/h1-8,18,31H,9-11,27H2,(H2,28,32)(H,29,33). The van der Waals surface area contributed by atoms with E-state index in [1.807, 2.05) is 0 Å². The molecule has 0 aliphatic carbocycles. The summed E-state index contributed by atoms with van der Waals surface area (Å²) in [6, 6.07) is 9.20. The fraction of sp³-hybridized carbons (Fsp3) is 0.174. The van der Waals surface area contributed by atoms with Gasteiger partial charge < -0.3 is 26.6 Å². The number of benzene rings is 2. The molecule has 1 unspecified atom stereocenters. The molecular formula is C23H21BrF2N4O5. The Morgan fingerprint density at radius 2 is 1.91 bits per heavy atom. The average molecular weight is 551 g/mol. The van der Waals surface area contributed by atoms with Gasteiger partial charge in [0, 0.05) is 34.6 Å². The van der Waals surface area contributed by atoms with Crippen LogP contribution in [-0.2, 0) is 17.9 Å². The highest BCUT2D eigenvalue weighted by molar-refractivity contribution is 9.10. The Morgan fingerprint density at radius 1 is 1.17 bits per heavy atom. The van der Waals surface area contributed by atoms with E-state index in [-0.39, 0.29) is 45.9 Å². The summed E-state index contributed by atoms with van der Waals surface area (Å²) in [4.78, 5) is 37.0. The number of hydrogen-bond donors (Lipinski definition) is 4. The number of nitrogens with zero attached hydrogens (tertiary/aromatic N) is 1. The van der Waals surface area contributed by atoms with Gasteiger partial charge in [-0.25, -0.2) is 8.78 Å². The lowest BCUT2D eigenvalue weighted by Crippen LogP contribution is -2.43. The molecule has 3 rings (SSSR count). The lowest BCUT2D eigenvalue weighted by Gasteiger charge is -2.18. The second kappa shape index (κ2) is 11.2. The van der Waals surface area contributed by atoms with Crippen molar-refractivity contribution in [3.05, 3.63) is 91.8 Å². The first-order valence-electron chi connectivity index (χ1n) is 10.2. The minimum atomic E-state index is -1.18. The zero-order valence-electron chi connectivity index (χ0n) is 18.1. The fourth-order valence-corrected chi connectivity index (χ4v) is 3.52. The summed E-state index contributed by atoms with van der Waals surface area (Å²) < 4.78 is 34.0. The maximum absolute atomic E-state index is 14.0. The Bertz CT molecular complexity index is 1330. The van der Waals surface area contributed by atoms with Gasteiger partial charge in [0.25, 0.3) is 5.56 Å². The summed E-state index contributed by atoms with van der Waals surface area (Å²) in [7, 11) is 0. The number of rotatable bonds is 9. The second-order valence-corrected chi connectivity index (χ2v) is 8.19. The lowest BCUT2D eigenvalue weighted by molar-refractivity contribution is -0.123. The van der Waals surface area contributed by atoms with Crippen molar-refractivity contribution < 1.29 is 28.2 Å². The summed E-state index contributed by atoms with van der Waals surface area (Å²) in [5, 5.41) is 11.6. The Labute approximate surface area is 206 Å². The fourth-order valence-electron chi connectivity index (χ4n) is 3.12. The molecule has 9 nitrogen and oxygen atoms in total. The van der Waals surface area contributed by atoms with Gasteiger partial charge in [-0.15, -0.1) is 0 Å². The van der Waals surface area contributed by atoms with Gasteiger partial charge >= 0.3 is 0 Å². The van der Waals surface area contributed by atoms with Gasteiger partial charge in [0.05, 0.1) is 13.2 Å². The largest absolute Gasteiger partial charge is 0.487 e. The molecule has 0 bridgehead atoms. The number of halogens is 3. The molecule has 2 amide bonds. The predicted octanol–water partition coefficient (Wildman–Crippen LogP) is 1.49. The van der Waals surface area contributed by atoms with E-state index < -0.39 is 41.7 Å². The molecule has 1 aromatic heterocycles. The second-order valence-electron chi connectivity index (χ2n) is 7.40. The zero-order valence-corrected chi connectivity index (χ0v) is 19.7. The molecule has 0 radical (unpaired) electrons. The number of pyridine rings is 1. The predicted molar refractivity (Wildman–Crippen MR) is 126 cm³/mol. The van der Waals surface area contributed by atoms with Crippen LogP contribution in [0.4, 0.5) is 8.78 Å². The van der Waals surface area contributed by atoms with E-state index in [4.69, 9.17) is 21.3 Å². The third-order valence-electron chi connectivity index (χ3n) is 4.96. The van der Waals surface area contributed by atoms with Crippen molar-refractivity contribution in [1.82, 2.24) is 9.88 Å². The molecule has 0 saturated heterocycles. The average Bonchev–Trinajstić information content (AvgIpc) is 2.84. The molecule has 35 heavy (non-hydrogen) atoms. The number of amides is 2. The van der Waals surface area contributed by atoms with Gasteiger partial charge in [-0.2, -0.15) is 0 Å². The van der Waals surface area contributed by atoms with Crippen molar-refractivity contribution in [1.29, 1.82) is 0 Å². The number of aliphatic hydroxyl groups excluding tert-OH is 1. The Morgan fingerprint density at radius 3 is 2.57 bits per heavy atom. The number of primary amides is 1. The number of aliphatic hydroxyl groups is 1. The van der Waals surface area contributed by atoms with Crippen LogP contribution in [-0.4, -0.2) is 34.1 Å². The monoisotopic (exact) mass is 550 g/mol. The summed E-state index contributed by atoms with van der Waals surface area (Å²) in [6.07, 6.45) is 0. The molecule has 0 fully saturated rings. The van der Waals surface area contributed by atoms with E-state index in [0.29, 0.717) is 6.07 Å². The number of ether oxygens (including phenoxy) is 1. The van der Waals surface area contributed by atoms with E-state index >= 15 is 0 Å². The molecule has 12 heteroatoms. The van der Waals surface area contributed by atoms with Gasteiger partial charge in [0.1, 0.15) is 34.5 Å². The van der Waals surface area contributed by atoms with Crippen LogP contribution in [0.25, 0.3) is 5.69 Å². The lowest BCUT2D eigenvalue weighted by atomic mass is 10.1. The zero-order chi connectivity index (χ0) is 25.7. The van der Waals surface area contributed by atoms with Gasteiger partial charge in [-0.3, -0.25) is 19.0 Å². The maximum atomic E-state index is 14.0. The normalized spacial score (nSPS) is 11.7. The minimum absolute atomic E-state index is 0.0216. The molecule has 0 saturated carbocycles. The quantitative estimate of drug-likeness (QED) is 0.317. The first kappa shape index (κ1) is 26.0. The molecule has 0 spiro atoms. The van der Waals surface area contributed by atoms with Crippen molar-refractivity contribution in [2.75, 3.05) is 6.61 Å². The molecule has 2 aromatic carbocycles. The smallest absolute Gasteiger partial charge is 0.273 e. The van der Waals surface area contributed by atoms with E-state index in [1.165, 1.54) is 34.9 Å². The first-order chi connectivity index (χ1) is 16.6. The van der Waals surface area contributed by atoms with Crippen LogP contribution in [0.1, 0.15) is 21.6 Å². The Kier molecular flexibility index (Phi) is 8.33. The van der Waals surface area contributed by atoms with Gasteiger partial charge in [-0.05, 0) is 46.3 Å². The van der Waals surface area contributed by atoms with Crippen LogP contribution in [0.5, 0.6) is 5.75 Å². The molecule has 6 N–H and O–H groups in total. The molecule has 184 valence electrons. The summed E-state index contributed by atoms with van der Waals surface area (Å²) in [6.45, 7) is -1.11. The van der Waals surface area contributed by atoms with Crippen molar-refractivity contribution in [3.63, 3.8) is 0 Å². The van der Waals surface area contributed by atoms with Gasteiger partial charge in [-0.1, -0.05) is 6.07 Å². The summed E-state index contributed by atoms with van der Waals surface area (Å²) >= 11 is 3.18. The van der Waals surface area contributed by atoms with Gasteiger partial charge in [0.15, 0.2) is 0 Å². The molecular weight excluding hydrogens is 530 g/mol. The van der Waals surface area contributed by atoms with Crippen LogP contribution < -0.4 is 27.1 Å².